The number of hydrogen-bond acceptors (Lipinski definition) is 5. The molecule has 2 aromatic heterocycles. The highest BCUT2D eigenvalue weighted by molar-refractivity contribution is 7.99. The highest BCUT2D eigenvalue weighted by Crippen LogP contribution is 2.24. The third-order valence-corrected chi connectivity index (χ3v) is 5.55. The number of esters is 1. The number of nitrogens with one attached hydrogen (secondary N) is 1. The van der Waals surface area contributed by atoms with Crippen molar-refractivity contribution in [2.24, 2.45) is 0 Å². The van der Waals surface area contributed by atoms with Gasteiger partial charge in [0.15, 0.2) is 5.16 Å². The summed E-state index contributed by atoms with van der Waals surface area (Å²) < 4.78 is 6.62. The zero-order valence-corrected chi connectivity index (χ0v) is 17.3. The molecule has 0 radical (unpaired) electrons. The SMILES string of the molecule is CCOC(=O)CSc1nc2cc(-c3ccccc3)[nH]c2c(=O)n1Cc1ccccc1. The molecule has 0 bridgehead atoms. The van der Waals surface area contributed by atoms with Crippen molar-refractivity contribution < 1.29 is 9.53 Å². The van der Waals surface area contributed by atoms with Crippen molar-refractivity contribution in [3.8, 4) is 11.3 Å². The monoisotopic (exact) mass is 419 g/mol. The van der Waals surface area contributed by atoms with E-state index in [1.807, 2.05) is 66.7 Å². The molecule has 0 aliphatic carbocycles. The number of aromatic amines is 1. The van der Waals surface area contributed by atoms with E-state index in [1.165, 1.54) is 11.8 Å². The Morgan fingerprint density at radius 2 is 1.80 bits per heavy atom. The van der Waals surface area contributed by atoms with Gasteiger partial charge in [-0.1, -0.05) is 72.4 Å². The lowest BCUT2D eigenvalue weighted by molar-refractivity contribution is -0.139. The number of fused-ring (bicyclic) bond motifs is 1. The fraction of sp³-hybridized carbons (Fsp3) is 0.174. The average molecular weight is 420 g/mol. The van der Waals surface area contributed by atoms with Gasteiger partial charge in [0.05, 0.1) is 24.4 Å². The number of hydrogen-bond donors (Lipinski definition) is 1. The molecule has 4 rings (SSSR count). The van der Waals surface area contributed by atoms with Gasteiger partial charge in [0.1, 0.15) is 5.52 Å². The van der Waals surface area contributed by atoms with Gasteiger partial charge in [0, 0.05) is 5.69 Å². The van der Waals surface area contributed by atoms with Crippen molar-refractivity contribution in [2.45, 2.75) is 18.6 Å². The Kier molecular flexibility index (Phi) is 5.99. The topological polar surface area (TPSA) is 77.0 Å². The number of H-pyrrole nitrogens is 1. The molecule has 4 aromatic rings. The van der Waals surface area contributed by atoms with Gasteiger partial charge in [-0.05, 0) is 24.1 Å². The molecule has 0 aliphatic heterocycles. The number of thioether (sulfide) groups is 1. The van der Waals surface area contributed by atoms with Gasteiger partial charge in [0.25, 0.3) is 5.56 Å². The van der Waals surface area contributed by atoms with Crippen LogP contribution >= 0.6 is 11.8 Å². The van der Waals surface area contributed by atoms with Crippen LogP contribution in [0.5, 0.6) is 0 Å². The number of aromatic nitrogens is 3. The molecular weight excluding hydrogens is 398 g/mol. The van der Waals surface area contributed by atoms with Crippen molar-refractivity contribution in [1.29, 1.82) is 0 Å². The van der Waals surface area contributed by atoms with Gasteiger partial charge in [-0.25, -0.2) is 4.98 Å². The Morgan fingerprint density at radius 3 is 2.50 bits per heavy atom. The second kappa shape index (κ2) is 9.00. The van der Waals surface area contributed by atoms with Crippen LogP contribution in [0.2, 0.25) is 0 Å². The molecule has 1 N–H and O–H groups in total. The molecule has 6 nitrogen and oxygen atoms in total. The Balaban J connectivity index is 1.78. The lowest BCUT2D eigenvalue weighted by Crippen LogP contribution is -2.24. The number of benzene rings is 2. The van der Waals surface area contributed by atoms with Crippen molar-refractivity contribution in [3.05, 3.63) is 82.6 Å². The summed E-state index contributed by atoms with van der Waals surface area (Å²) in [7, 11) is 0. The number of ether oxygens (including phenoxy) is 1. The summed E-state index contributed by atoms with van der Waals surface area (Å²) >= 11 is 1.21. The first kappa shape index (κ1) is 20.0. The van der Waals surface area contributed by atoms with E-state index < -0.39 is 0 Å². The van der Waals surface area contributed by atoms with Gasteiger partial charge in [-0.2, -0.15) is 0 Å². The fourth-order valence-corrected chi connectivity index (χ4v) is 3.99. The number of carbonyl (C=O) groups excluding carboxylic acids is 1. The quantitative estimate of drug-likeness (QED) is 0.277. The van der Waals surface area contributed by atoms with Crippen LogP contribution in [-0.2, 0) is 16.1 Å². The van der Waals surface area contributed by atoms with E-state index in [2.05, 4.69) is 4.98 Å². The largest absolute Gasteiger partial charge is 0.465 e. The van der Waals surface area contributed by atoms with Gasteiger partial charge in [-0.15, -0.1) is 0 Å². The zero-order chi connectivity index (χ0) is 20.9. The van der Waals surface area contributed by atoms with E-state index in [4.69, 9.17) is 9.72 Å². The first-order valence-electron chi connectivity index (χ1n) is 9.67. The average Bonchev–Trinajstić information content (AvgIpc) is 3.21. The minimum absolute atomic E-state index is 0.0938. The Hall–Kier alpha value is -3.32. The normalized spacial score (nSPS) is 11.0. The minimum atomic E-state index is -0.331. The van der Waals surface area contributed by atoms with Gasteiger partial charge < -0.3 is 9.72 Å². The molecule has 0 unspecified atom stereocenters. The lowest BCUT2D eigenvalue weighted by Gasteiger charge is -2.12. The predicted molar refractivity (Wildman–Crippen MR) is 119 cm³/mol. The molecule has 30 heavy (non-hydrogen) atoms. The number of carbonyl (C=O) groups is 1. The van der Waals surface area contributed by atoms with E-state index in [-0.39, 0.29) is 17.3 Å². The van der Waals surface area contributed by atoms with Crippen molar-refractivity contribution >= 4 is 28.8 Å². The molecule has 0 aliphatic rings. The van der Waals surface area contributed by atoms with E-state index >= 15 is 0 Å². The first-order chi connectivity index (χ1) is 14.7. The summed E-state index contributed by atoms with van der Waals surface area (Å²) in [6.07, 6.45) is 0. The lowest BCUT2D eigenvalue weighted by atomic mass is 10.2. The Labute approximate surface area is 177 Å². The summed E-state index contributed by atoms with van der Waals surface area (Å²) in [6, 6.07) is 21.4. The molecule has 2 aromatic carbocycles. The van der Waals surface area contributed by atoms with Crippen LogP contribution in [0.4, 0.5) is 0 Å². The minimum Gasteiger partial charge on any atom is -0.465 e. The van der Waals surface area contributed by atoms with E-state index in [1.54, 1.807) is 11.5 Å². The molecule has 0 saturated carbocycles. The van der Waals surface area contributed by atoms with Crippen LogP contribution < -0.4 is 5.56 Å². The van der Waals surface area contributed by atoms with Gasteiger partial charge in [-0.3, -0.25) is 14.2 Å². The summed E-state index contributed by atoms with van der Waals surface area (Å²) in [5.41, 5.74) is 3.64. The Morgan fingerprint density at radius 1 is 1.10 bits per heavy atom. The highest BCUT2D eigenvalue weighted by Gasteiger charge is 2.16. The molecule has 7 heteroatoms. The molecule has 0 atom stereocenters. The molecule has 0 spiro atoms. The maximum Gasteiger partial charge on any atom is 0.316 e. The van der Waals surface area contributed by atoms with E-state index in [0.29, 0.717) is 29.3 Å². The molecule has 0 fully saturated rings. The molecule has 0 amide bonds. The maximum atomic E-state index is 13.3. The zero-order valence-electron chi connectivity index (χ0n) is 16.5. The molecule has 0 saturated heterocycles. The molecule has 152 valence electrons. The van der Waals surface area contributed by atoms with Crippen molar-refractivity contribution in [1.82, 2.24) is 14.5 Å². The third-order valence-electron chi connectivity index (χ3n) is 4.60. The summed E-state index contributed by atoms with van der Waals surface area (Å²) in [5.74, 6) is -0.238. The summed E-state index contributed by atoms with van der Waals surface area (Å²) in [4.78, 5) is 33.1. The fourth-order valence-electron chi connectivity index (χ4n) is 3.20. The maximum absolute atomic E-state index is 13.3. The van der Waals surface area contributed by atoms with Crippen LogP contribution in [0.1, 0.15) is 12.5 Å². The Bertz CT molecular complexity index is 1220. The van der Waals surface area contributed by atoms with Gasteiger partial charge in [0.2, 0.25) is 0 Å². The second-order valence-electron chi connectivity index (χ2n) is 6.67. The summed E-state index contributed by atoms with van der Waals surface area (Å²) in [5, 5.41) is 0.489. The third kappa shape index (κ3) is 4.31. The number of nitrogens with zero attached hydrogens (tertiary/aromatic N) is 2. The van der Waals surface area contributed by atoms with Crippen LogP contribution in [-0.4, -0.2) is 32.9 Å². The molecular formula is C23H21N3O3S. The van der Waals surface area contributed by atoms with Gasteiger partial charge >= 0.3 is 5.97 Å². The highest BCUT2D eigenvalue weighted by atomic mass is 32.2. The number of rotatable bonds is 7. The summed E-state index contributed by atoms with van der Waals surface area (Å²) in [6.45, 7) is 2.46. The van der Waals surface area contributed by atoms with Crippen molar-refractivity contribution in [2.75, 3.05) is 12.4 Å². The van der Waals surface area contributed by atoms with Crippen LogP contribution in [0.3, 0.4) is 0 Å². The van der Waals surface area contributed by atoms with Crippen LogP contribution in [0.25, 0.3) is 22.3 Å². The van der Waals surface area contributed by atoms with Crippen LogP contribution in [0, 0.1) is 0 Å². The standard InChI is InChI=1S/C23H21N3O3S/c1-2-29-20(27)15-30-23-25-19-13-18(17-11-7-4-8-12-17)24-21(19)22(28)26(23)14-16-9-5-3-6-10-16/h3-13,24H,2,14-15H2,1H3. The molecule has 2 heterocycles. The van der Waals surface area contributed by atoms with E-state index in [9.17, 15) is 9.59 Å². The first-order valence-corrected chi connectivity index (χ1v) is 10.7. The van der Waals surface area contributed by atoms with Crippen molar-refractivity contribution in [3.63, 3.8) is 0 Å². The van der Waals surface area contributed by atoms with Crippen LogP contribution in [0.15, 0.2) is 76.7 Å². The smallest absolute Gasteiger partial charge is 0.316 e. The van der Waals surface area contributed by atoms with E-state index in [0.717, 1.165) is 16.8 Å². The predicted octanol–water partition coefficient (Wildman–Crippen LogP) is 4.10. The second-order valence-corrected chi connectivity index (χ2v) is 7.62.